The van der Waals surface area contributed by atoms with Gasteiger partial charge in [-0.05, 0) is 37.3 Å². The quantitative estimate of drug-likeness (QED) is 0.619. The molecule has 0 aliphatic rings. The molecule has 0 heterocycles. The molecule has 2 rings (SSSR count). The number of nitrogens with zero attached hydrogens (tertiary/aromatic N) is 2. The van der Waals surface area contributed by atoms with E-state index in [0.29, 0.717) is 22.6 Å². The van der Waals surface area contributed by atoms with Gasteiger partial charge in [0.25, 0.3) is 5.69 Å². The first-order chi connectivity index (χ1) is 9.11. The molecule has 0 atom stereocenters. The van der Waals surface area contributed by atoms with E-state index in [1.807, 2.05) is 6.07 Å². The number of nitriles is 1. The average Bonchev–Trinajstić information content (AvgIpc) is 2.41. The smallest absolute Gasteiger partial charge is 0.276 e. The number of nitro groups is 1. The summed E-state index contributed by atoms with van der Waals surface area (Å²) in [6.07, 6.45) is 0. The topological polar surface area (TPSA) is 76.2 Å². The Hall–Kier alpha value is -2.87. The van der Waals surface area contributed by atoms with Crippen LogP contribution in [0.25, 0.3) is 0 Å². The Balaban J connectivity index is 2.30. The number of hydrogen-bond acceptors (Lipinski definition) is 4. The first kappa shape index (κ1) is 12.6. The van der Waals surface area contributed by atoms with Crippen LogP contribution in [-0.4, -0.2) is 4.92 Å². The second-order valence-corrected chi connectivity index (χ2v) is 3.90. The molecule has 5 nitrogen and oxygen atoms in total. The van der Waals surface area contributed by atoms with Crippen LogP contribution in [0.3, 0.4) is 0 Å². The van der Waals surface area contributed by atoms with Crippen LogP contribution < -0.4 is 4.74 Å². The summed E-state index contributed by atoms with van der Waals surface area (Å²) in [6, 6.07) is 13.2. The average molecular weight is 254 g/mol. The monoisotopic (exact) mass is 254 g/mol. The molecule has 0 radical (unpaired) electrons. The number of benzene rings is 2. The first-order valence-corrected chi connectivity index (χ1v) is 5.54. The summed E-state index contributed by atoms with van der Waals surface area (Å²) in [4.78, 5) is 10.4. The summed E-state index contributed by atoms with van der Waals surface area (Å²) >= 11 is 0. The molecule has 0 aliphatic carbocycles. The lowest BCUT2D eigenvalue weighted by atomic mass is 10.2. The van der Waals surface area contributed by atoms with E-state index in [-0.39, 0.29) is 5.69 Å². The number of rotatable bonds is 3. The van der Waals surface area contributed by atoms with E-state index in [1.54, 1.807) is 43.3 Å². The highest BCUT2D eigenvalue weighted by molar-refractivity contribution is 5.50. The van der Waals surface area contributed by atoms with E-state index >= 15 is 0 Å². The van der Waals surface area contributed by atoms with Gasteiger partial charge >= 0.3 is 0 Å². The molecule has 0 aromatic heterocycles. The molecule has 0 amide bonds. The van der Waals surface area contributed by atoms with Crippen LogP contribution in [0.1, 0.15) is 11.1 Å². The molecule has 19 heavy (non-hydrogen) atoms. The summed E-state index contributed by atoms with van der Waals surface area (Å²) in [5.41, 5.74) is 1.02. The SMILES string of the molecule is Cc1c(Oc2ccc(C#N)cc2)cccc1[N+](=O)[O-]. The van der Waals surface area contributed by atoms with Crippen molar-refractivity contribution in [2.45, 2.75) is 6.92 Å². The minimum atomic E-state index is -0.443. The summed E-state index contributed by atoms with van der Waals surface area (Å²) in [7, 11) is 0. The molecule has 5 heteroatoms. The highest BCUT2D eigenvalue weighted by Crippen LogP contribution is 2.30. The van der Waals surface area contributed by atoms with Crippen molar-refractivity contribution >= 4 is 5.69 Å². The van der Waals surface area contributed by atoms with Crippen molar-refractivity contribution in [1.82, 2.24) is 0 Å². The van der Waals surface area contributed by atoms with E-state index in [1.165, 1.54) is 6.07 Å². The fourth-order valence-corrected chi connectivity index (χ4v) is 1.64. The summed E-state index contributed by atoms with van der Waals surface area (Å²) in [6.45, 7) is 1.64. The van der Waals surface area contributed by atoms with Gasteiger partial charge in [0.2, 0.25) is 0 Å². The molecule has 94 valence electrons. The minimum absolute atomic E-state index is 0.0196. The van der Waals surface area contributed by atoms with Crippen molar-refractivity contribution in [2.24, 2.45) is 0 Å². The van der Waals surface area contributed by atoms with Gasteiger partial charge in [-0.2, -0.15) is 5.26 Å². The van der Waals surface area contributed by atoms with Gasteiger partial charge in [-0.25, -0.2) is 0 Å². The lowest BCUT2D eigenvalue weighted by Gasteiger charge is -2.08. The van der Waals surface area contributed by atoms with Gasteiger partial charge in [0.1, 0.15) is 11.5 Å². The maximum Gasteiger partial charge on any atom is 0.276 e. The van der Waals surface area contributed by atoms with Gasteiger partial charge in [-0.1, -0.05) is 6.07 Å². The summed E-state index contributed by atoms with van der Waals surface area (Å²) in [5.74, 6) is 0.960. The third kappa shape index (κ3) is 2.69. The summed E-state index contributed by atoms with van der Waals surface area (Å²) in [5, 5.41) is 19.5. The van der Waals surface area contributed by atoms with Gasteiger partial charge in [-0.3, -0.25) is 10.1 Å². The Morgan fingerprint density at radius 2 is 1.89 bits per heavy atom. The lowest BCUT2D eigenvalue weighted by molar-refractivity contribution is -0.385. The maximum absolute atomic E-state index is 10.8. The molecule has 0 bridgehead atoms. The van der Waals surface area contributed by atoms with E-state index in [2.05, 4.69) is 0 Å². The van der Waals surface area contributed by atoms with Gasteiger partial charge in [-0.15, -0.1) is 0 Å². The standard InChI is InChI=1S/C14H10N2O3/c1-10-13(16(17)18)3-2-4-14(10)19-12-7-5-11(9-15)6-8-12/h2-8H,1H3. The van der Waals surface area contributed by atoms with Crippen molar-refractivity contribution in [2.75, 3.05) is 0 Å². The zero-order chi connectivity index (χ0) is 13.8. The molecule has 0 N–H and O–H groups in total. The van der Waals surface area contributed by atoms with Crippen LogP contribution in [-0.2, 0) is 0 Å². The first-order valence-electron chi connectivity index (χ1n) is 5.54. The third-order valence-electron chi connectivity index (χ3n) is 2.66. The van der Waals surface area contributed by atoms with Crippen molar-refractivity contribution < 1.29 is 9.66 Å². The van der Waals surface area contributed by atoms with Crippen molar-refractivity contribution in [3.63, 3.8) is 0 Å². The van der Waals surface area contributed by atoms with Crippen molar-refractivity contribution in [3.05, 3.63) is 63.7 Å². The van der Waals surface area contributed by atoms with Crippen molar-refractivity contribution in [1.29, 1.82) is 5.26 Å². The van der Waals surface area contributed by atoms with E-state index in [0.717, 1.165) is 0 Å². The Labute approximate surface area is 109 Å². The normalized spacial score (nSPS) is 9.68. The Morgan fingerprint density at radius 1 is 1.21 bits per heavy atom. The molecule has 0 saturated carbocycles. The van der Waals surface area contributed by atoms with Crippen LogP contribution in [0.15, 0.2) is 42.5 Å². The zero-order valence-corrected chi connectivity index (χ0v) is 10.2. The van der Waals surface area contributed by atoms with Crippen LogP contribution in [0.4, 0.5) is 5.69 Å². The van der Waals surface area contributed by atoms with Crippen LogP contribution in [0.2, 0.25) is 0 Å². The number of nitro benzene ring substituents is 1. The predicted molar refractivity (Wildman–Crippen MR) is 69.1 cm³/mol. The van der Waals surface area contributed by atoms with Gasteiger partial charge in [0.05, 0.1) is 22.1 Å². The molecule has 2 aromatic carbocycles. The Morgan fingerprint density at radius 3 is 2.47 bits per heavy atom. The molecule has 2 aromatic rings. The fourth-order valence-electron chi connectivity index (χ4n) is 1.64. The van der Waals surface area contributed by atoms with Gasteiger partial charge in [0, 0.05) is 6.07 Å². The van der Waals surface area contributed by atoms with Gasteiger partial charge < -0.3 is 4.74 Å². The minimum Gasteiger partial charge on any atom is -0.457 e. The molecular weight excluding hydrogens is 244 g/mol. The van der Waals surface area contributed by atoms with Crippen LogP contribution in [0, 0.1) is 28.4 Å². The molecule has 0 saturated heterocycles. The molecule has 0 aliphatic heterocycles. The largest absolute Gasteiger partial charge is 0.457 e. The molecular formula is C14H10N2O3. The fraction of sp³-hybridized carbons (Fsp3) is 0.0714. The second-order valence-electron chi connectivity index (χ2n) is 3.90. The van der Waals surface area contributed by atoms with E-state index < -0.39 is 4.92 Å². The number of ether oxygens (including phenoxy) is 1. The Bertz CT molecular complexity index is 657. The molecule has 0 spiro atoms. The maximum atomic E-state index is 10.8. The Kier molecular flexibility index (Phi) is 3.44. The van der Waals surface area contributed by atoms with Crippen LogP contribution >= 0.6 is 0 Å². The lowest BCUT2D eigenvalue weighted by Crippen LogP contribution is -1.94. The summed E-state index contributed by atoms with van der Waals surface area (Å²) < 4.78 is 5.59. The van der Waals surface area contributed by atoms with Crippen molar-refractivity contribution in [3.8, 4) is 17.6 Å². The van der Waals surface area contributed by atoms with Crippen LogP contribution in [0.5, 0.6) is 11.5 Å². The zero-order valence-electron chi connectivity index (χ0n) is 10.2. The number of hydrogen-bond donors (Lipinski definition) is 0. The third-order valence-corrected chi connectivity index (χ3v) is 2.66. The highest BCUT2D eigenvalue weighted by atomic mass is 16.6. The molecule has 0 fully saturated rings. The molecule has 0 unspecified atom stereocenters. The van der Waals surface area contributed by atoms with Gasteiger partial charge in [0.15, 0.2) is 0 Å². The van der Waals surface area contributed by atoms with E-state index in [4.69, 9.17) is 10.00 Å². The highest BCUT2D eigenvalue weighted by Gasteiger charge is 2.14. The predicted octanol–water partition coefficient (Wildman–Crippen LogP) is 3.57. The van der Waals surface area contributed by atoms with E-state index in [9.17, 15) is 10.1 Å². The second kappa shape index (κ2) is 5.19.